The number of carbonyl (C=O) groups excluding carboxylic acids is 2. The molecule has 0 aliphatic carbocycles. The minimum atomic E-state index is -0.544. The summed E-state index contributed by atoms with van der Waals surface area (Å²) in [5.41, 5.74) is 3.08. The smallest absolute Gasteiger partial charge is 0.261 e. The quantitative estimate of drug-likeness (QED) is 0.637. The molecule has 0 heterocycles. The zero-order valence-electron chi connectivity index (χ0n) is 18.8. The molecule has 0 unspecified atom stereocenters. The number of nitrogens with one attached hydrogen (secondary N) is 1. The van der Waals surface area contributed by atoms with Crippen LogP contribution in [0, 0.1) is 19.8 Å². The van der Waals surface area contributed by atoms with Gasteiger partial charge in [0.25, 0.3) is 5.91 Å². The predicted octanol–water partition coefficient (Wildman–Crippen LogP) is 4.26. The zero-order chi connectivity index (χ0) is 22.1. The van der Waals surface area contributed by atoms with E-state index in [1.165, 1.54) is 0 Å². The van der Waals surface area contributed by atoms with Gasteiger partial charge in [-0.05, 0) is 43.4 Å². The highest BCUT2D eigenvalue weighted by Gasteiger charge is 2.29. The largest absolute Gasteiger partial charge is 0.484 e. The molecule has 2 rings (SSSR count). The molecule has 1 N–H and O–H groups in total. The Hall–Kier alpha value is -2.82. The lowest BCUT2D eigenvalue weighted by Gasteiger charge is -2.31. The molecule has 0 saturated carbocycles. The fourth-order valence-electron chi connectivity index (χ4n) is 3.29. The lowest BCUT2D eigenvalue weighted by atomic mass is 10.1. The summed E-state index contributed by atoms with van der Waals surface area (Å²) in [7, 11) is 0. The lowest BCUT2D eigenvalue weighted by Crippen LogP contribution is -2.50. The van der Waals surface area contributed by atoms with Crippen LogP contribution in [0.4, 0.5) is 0 Å². The number of hydrogen-bond acceptors (Lipinski definition) is 3. The molecule has 5 heteroatoms. The highest BCUT2D eigenvalue weighted by molar-refractivity contribution is 5.88. The summed E-state index contributed by atoms with van der Waals surface area (Å²) in [6.07, 6.45) is 0.534. The van der Waals surface area contributed by atoms with Gasteiger partial charge in [-0.3, -0.25) is 9.59 Å². The van der Waals surface area contributed by atoms with Gasteiger partial charge in [-0.25, -0.2) is 0 Å². The van der Waals surface area contributed by atoms with Crippen molar-refractivity contribution in [2.45, 2.75) is 53.6 Å². The summed E-state index contributed by atoms with van der Waals surface area (Å²) in [5, 5.41) is 2.97. The van der Waals surface area contributed by atoms with Crippen molar-refractivity contribution in [1.29, 1.82) is 0 Å². The first kappa shape index (κ1) is 23.5. The maximum atomic E-state index is 13.2. The lowest BCUT2D eigenvalue weighted by molar-refractivity contribution is -0.143. The van der Waals surface area contributed by atoms with Crippen molar-refractivity contribution in [3.05, 3.63) is 65.2 Å². The monoisotopic (exact) mass is 410 g/mol. The molecule has 0 bridgehead atoms. The van der Waals surface area contributed by atoms with Crippen LogP contribution in [0.3, 0.4) is 0 Å². The average molecular weight is 411 g/mol. The van der Waals surface area contributed by atoms with E-state index in [-0.39, 0.29) is 18.4 Å². The summed E-state index contributed by atoms with van der Waals surface area (Å²) in [6, 6.07) is 15.1. The minimum Gasteiger partial charge on any atom is -0.484 e. The number of para-hydroxylation sites is 1. The third kappa shape index (κ3) is 6.90. The molecule has 0 saturated heterocycles. The highest BCUT2D eigenvalue weighted by Crippen LogP contribution is 2.18. The minimum absolute atomic E-state index is 0.107. The number of hydrogen-bond donors (Lipinski definition) is 1. The number of nitrogens with zero attached hydrogens (tertiary/aromatic N) is 1. The molecule has 0 spiro atoms. The van der Waals surface area contributed by atoms with Crippen LogP contribution >= 0.6 is 0 Å². The number of carbonyl (C=O) groups is 2. The maximum absolute atomic E-state index is 13.2. The standard InChI is InChI=1S/C25H34N2O3/c1-6-22(25(29)26-15-18(2)3)27(16-21-12-9-10-19(4)14-21)24(28)17-30-23-13-8-7-11-20(23)5/h7-14,18,22H,6,15-17H2,1-5H3,(H,26,29)/t22-/m1/s1. The summed E-state index contributed by atoms with van der Waals surface area (Å²) in [4.78, 5) is 27.7. The topological polar surface area (TPSA) is 58.6 Å². The second-order valence-corrected chi connectivity index (χ2v) is 8.13. The van der Waals surface area contributed by atoms with Crippen molar-refractivity contribution in [1.82, 2.24) is 10.2 Å². The van der Waals surface area contributed by atoms with Crippen LogP contribution in [0.5, 0.6) is 5.75 Å². The van der Waals surface area contributed by atoms with Crippen molar-refractivity contribution < 1.29 is 14.3 Å². The van der Waals surface area contributed by atoms with Gasteiger partial charge in [0.05, 0.1) is 0 Å². The third-order valence-electron chi connectivity index (χ3n) is 4.95. The molecular weight excluding hydrogens is 376 g/mol. The van der Waals surface area contributed by atoms with Crippen molar-refractivity contribution in [3.8, 4) is 5.75 Å². The fraction of sp³-hybridized carbons (Fsp3) is 0.440. The summed E-state index contributed by atoms with van der Waals surface area (Å²) in [5.74, 6) is 0.699. The SMILES string of the molecule is CC[C@H](C(=O)NCC(C)C)N(Cc1cccc(C)c1)C(=O)COc1ccccc1C. The number of amides is 2. The summed E-state index contributed by atoms with van der Waals surface area (Å²) in [6.45, 7) is 10.8. The Morgan fingerprint density at radius 2 is 1.80 bits per heavy atom. The van der Waals surface area contributed by atoms with Crippen molar-refractivity contribution in [3.63, 3.8) is 0 Å². The molecular formula is C25H34N2O3. The molecule has 2 amide bonds. The van der Waals surface area contributed by atoms with Crippen LogP contribution in [-0.2, 0) is 16.1 Å². The van der Waals surface area contributed by atoms with Gasteiger partial charge in [0.2, 0.25) is 5.91 Å². The molecule has 2 aromatic carbocycles. The molecule has 2 aromatic rings. The molecule has 1 atom stereocenters. The number of ether oxygens (including phenoxy) is 1. The van der Waals surface area contributed by atoms with Crippen LogP contribution in [0.25, 0.3) is 0 Å². The molecule has 162 valence electrons. The van der Waals surface area contributed by atoms with Crippen LogP contribution < -0.4 is 10.1 Å². The van der Waals surface area contributed by atoms with E-state index in [9.17, 15) is 9.59 Å². The van der Waals surface area contributed by atoms with E-state index in [0.717, 1.165) is 16.7 Å². The van der Waals surface area contributed by atoms with E-state index in [2.05, 4.69) is 5.32 Å². The predicted molar refractivity (Wildman–Crippen MR) is 120 cm³/mol. The Morgan fingerprint density at radius 1 is 1.07 bits per heavy atom. The van der Waals surface area contributed by atoms with E-state index in [4.69, 9.17) is 4.74 Å². The van der Waals surface area contributed by atoms with E-state index in [1.54, 1.807) is 4.90 Å². The van der Waals surface area contributed by atoms with E-state index >= 15 is 0 Å². The molecule has 0 radical (unpaired) electrons. The zero-order valence-corrected chi connectivity index (χ0v) is 18.8. The van der Waals surface area contributed by atoms with Gasteiger partial charge < -0.3 is 15.0 Å². The van der Waals surface area contributed by atoms with E-state index in [0.29, 0.717) is 31.2 Å². The number of aryl methyl sites for hydroxylation is 2. The van der Waals surface area contributed by atoms with Gasteiger partial charge in [-0.2, -0.15) is 0 Å². The summed E-state index contributed by atoms with van der Waals surface area (Å²) >= 11 is 0. The van der Waals surface area contributed by atoms with Crippen molar-refractivity contribution >= 4 is 11.8 Å². The molecule has 0 aromatic heterocycles. The summed E-state index contributed by atoms with van der Waals surface area (Å²) < 4.78 is 5.79. The Balaban J connectivity index is 2.21. The van der Waals surface area contributed by atoms with Gasteiger partial charge in [0.15, 0.2) is 6.61 Å². The van der Waals surface area contributed by atoms with Crippen LogP contribution in [0.1, 0.15) is 43.9 Å². The van der Waals surface area contributed by atoms with Crippen molar-refractivity contribution in [2.75, 3.05) is 13.2 Å². The molecule has 0 aliphatic rings. The van der Waals surface area contributed by atoms with Crippen LogP contribution in [0.2, 0.25) is 0 Å². The number of rotatable bonds is 10. The van der Waals surface area contributed by atoms with Gasteiger partial charge >= 0.3 is 0 Å². The van der Waals surface area contributed by atoms with Gasteiger partial charge in [-0.1, -0.05) is 68.8 Å². The Morgan fingerprint density at radius 3 is 2.43 bits per heavy atom. The number of benzene rings is 2. The molecule has 0 fully saturated rings. The van der Waals surface area contributed by atoms with Crippen molar-refractivity contribution in [2.24, 2.45) is 5.92 Å². The normalized spacial score (nSPS) is 11.8. The third-order valence-corrected chi connectivity index (χ3v) is 4.95. The first-order valence-corrected chi connectivity index (χ1v) is 10.6. The highest BCUT2D eigenvalue weighted by atomic mass is 16.5. The maximum Gasteiger partial charge on any atom is 0.261 e. The van der Waals surface area contributed by atoms with Crippen LogP contribution in [-0.4, -0.2) is 35.9 Å². The Bertz CT molecular complexity index is 848. The molecule has 0 aliphatic heterocycles. The Labute approximate surface area is 180 Å². The first-order valence-electron chi connectivity index (χ1n) is 10.6. The van der Waals surface area contributed by atoms with E-state index in [1.807, 2.05) is 83.1 Å². The van der Waals surface area contributed by atoms with Gasteiger partial charge in [0.1, 0.15) is 11.8 Å². The van der Waals surface area contributed by atoms with Gasteiger partial charge in [-0.15, -0.1) is 0 Å². The Kier molecular flexibility index (Phi) is 8.90. The second kappa shape index (κ2) is 11.4. The first-order chi connectivity index (χ1) is 14.3. The van der Waals surface area contributed by atoms with E-state index < -0.39 is 6.04 Å². The van der Waals surface area contributed by atoms with Gasteiger partial charge in [0, 0.05) is 13.1 Å². The molecule has 30 heavy (non-hydrogen) atoms. The average Bonchev–Trinajstić information content (AvgIpc) is 2.71. The fourth-order valence-corrected chi connectivity index (χ4v) is 3.29. The van der Waals surface area contributed by atoms with Crippen LogP contribution in [0.15, 0.2) is 48.5 Å². The second-order valence-electron chi connectivity index (χ2n) is 8.13. The molecule has 5 nitrogen and oxygen atoms in total.